The van der Waals surface area contributed by atoms with E-state index in [0.717, 1.165) is 72.4 Å². The Labute approximate surface area is 359 Å². The van der Waals surface area contributed by atoms with Crippen LogP contribution in [-0.4, -0.2) is 91.8 Å². The molecule has 5 amide bonds. The lowest BCUT2D eigenvalue weighted by atomic mass is 9.57. The molecule has 1 unspecified atom stereocenters. The van der Waals surface area contributed by atoms with E-state index in [1.165, 1.54) is 12.8 Å². The Morgan fingerprint density at radius 1 is 0.952 bits per heavy atom. The predicted molar refractivity (Wildman–Crippen MR) is 222 cm³/mol. The zero-order valence-electron chi connectivity index (χ0n) is 34.3. The van der Waals surface area contributed by atoms with Crippen LogP contribution in [0.1, 0.15) is 125 Å². The van der Waals surface area contributed by atoms with E-state index in [1.807, 2.05) is 0 Å². The second kappa shape index (κ2) is 15.8. The molecule has 5 aliphatic rings. The van der Waals surface area contributed by atoms with E-state index in [-0.39, 0.29) is 29.7 Å². The molecule has 0 radical (unpaired) electrons. The molecule has 4 N–H and O–H groups in total. The summed E-state index contributed by atoms with van der Waals surface area (Å²) in [5, 5.41) is 26.9. The van der Waals surface area contributed by atoms with Crippen molar-refractivity contribution in [1.82, 2.24) is 30.3 Å². The summed E-state index contributed by atoms with van der Waals surface area (Å²) < 4.78 is 39.7. The monoisotopic (exact) mass is 872 g/mol. The molecule has 3 aliphatic heterocycles. The second-order valence-corrected chi connectivity index (χ2v) is 19.3. The number of carbonyl (C=O) groups excluding carboxylic acids is 5. The van der Waals surface area contributed by atoms with Crippen LogP contribution in [0, 0.1) is 17.3 Å². The first-order chi connectivity index (χ1) is 29.4. The fourth-order valence-corrected chi connectivity index (χ4v) is 11.4. The number of benzene rings is 2. The number of amides is 5. The van der Waals surface area contributed by atoms with Crippen molar-refractivity contribution in [1.29, 1.82) is 0 Å². The van der Waals surface area contributed by atoms with Gasteiger partial charge in [-0.3, -0.25) is 34.2 Å². The van der Waals surface area contributed by atoms with Crippen molar-refractivity contribution in [2.45, 2.75) is 95.4 Å². The first-order valence-electron chi connectivity index (χ1n) is 21.2. The number of alkyl halides is 3. The van der Waals surface area contributed by atoms with Crippen LogP contribution in [0.3, 0.4) is 0 Å². The fraction of sp³-hybridized carbons (Fsp3) is 0.500. The Kier molecular flexibility index (Phi) is 10.7. The van der Waals surface area contributed by atoms with Gasteiger partial charge in [0, 0.05) is 55.5 Å². The number of likely N-dealkylation sites (tertiary alicyclic amines) is 1. The lowest BCUT2D eigenvalue weighted by Crippen LogP contribution is -2.63. The van der Waals surface area contributed by atoms with E-state index >= 15 is 0 Å². The zero-order chi connectivity index (χ0) is 43.7. The van der Waals surface area contributed by atoms with Crippen molar-refractivity contribution in [2.75, 3.05) is 36.8 Å². The van der Waals surface area contributed by atoms with Gasteiger partial charge in [-0.05, 0) is 119 Å². The number of carbonyl (C=O) groups is 5. The average Bonchev–Trinajstić information content (AvgIpc) is 3.73. The lowest BCUT2D eigenvalue weighted by Gasteiger charge is -2.60. The maximum atomic E-state index is 13.4. The SMILES string of the molecule is CC(C)(O)c1cc2nc(C3CCC(CN4CC5(CC(CCNc6cccc7c6C(=O)N(C6CCC(=O)NC6=O)C7=O)C5)C4)CC3)sc2cc1NC(=O)c1ccc(C(F)(F)F)nn1. The Balaban J connectivity index is 0.731. The number of thiazole rings is 1. The molecule has 2 aliphatic carbocycles. The Hall–Kier alpha value is -5.33. The molecule has 0 bridgehead atoms. The lowest BCUT2D eigenvalue weighted by molar-refractivity contribution is -0.142. The number of nitrogens with one attached hydrogen (secondary N) is 3. The number of anilines is 2. The van der Waals surface area contributed by atoms with Gasteiger partial charge in [-0.25, -0.2) is 4.98 Å². The number of piperidine rings is 1. The Morgan fingerprint density at radius 3 is 2.39 bits per heavy atom. The van der Waals surface area contributed by atoms with Gasteiger partial charge in [0.25, 0.3) is 17.7 Å². The summed E-state index contributed by atoms with van der Waals surface area (Å²) in [5.41, 5.74) is 0.162. The standard InChI is InChI=1S/C44H47F3N8O6S/c1-42(2,61)27-16-31-33(17-30(27)49-37(57)29-10-12-34(53-52-29)44(45,46)47)62-39(50-31)25-8-6-23(7-9-25)20-54-21-43(22-54)18-24(19-43)14-15-48-28-5-3-4-26-36(28)41(60)55(40(26)59)32-11-13-35(56)51-38(32)58/h3-5,10,12,16-17,23-25,32,48,61H,6-9,11,13-15,18-22H2,1-2H3,(H,49,57)(H,51,56,58). The average molecular weight is 873 g/mol. The number of hydrogen-bond donors (Lipinski definition) is 4. The number of aliphatic hydroxyl groups is 1. The summed E-state index contributed by atoms with van der Waals surface area (Å²) in [6.07, 6.45) is 3.06. The molecule has 9 rings (SSSR count). The molecule has 1 atom stereocenters. The van der Waals surface area contributed by atoms with Crippen molar-refractivity contribution in [3.8, 4) is 0 Å². The molecule has 5 heterocycles. The molecule has 18 heteroatoms. The van der Waals surface area contributed by atoms with Gasteiger partial charge in [0.2, 0.25) is 11.8 Å². The molecule has 2 aromatic carbocycles. The van der Waals surface area contributed by atoms with Crippen molar-refractivity contribution >= 4 is 62.5 Å². The molecule has 2 saturated carbocycles. The van der Waals surface area contributed by atoms with Gasteiger partial charge in [-0.1, -0.05) is 6.07 Å². The van der Waals surface area contributed by atoms with E-state index in [2.05, 4.69) is 31.0 Å². The molecule has 2 aromatic heterocycles. The predicted octanol–water partition coefficient (Wildman–Crippen LogP) is 6.47. The van der Waals surface area contributed by atoms with Gasteiger partial charge in [0.15, 0.2) is 11.4 Å². The summed E-state index contributed by atoms with van der Waals surface area (Å²) in [6.45, 7) is 7.16. The molecular formula is C44H47F3N8O6S. The van der Waals surface area contributed by atoms with Crippen LogP contribution in [0.15, 0.2) is 42.5 Å². The van der Waals surface area contributed by atoms with Crippen LogP contribution in [-0.2, 0) is 21.4 Å². The molecule has 14 nitrogen and oxygen atoms in total. The van der Waals surface area contributed by atoms with E-state index in [0.29, 0.717) is 58.2 Å². The molecule has 4 aromatic rings. The van der Waals surface area contributed by atoms with Crippen LogP contribution >= 0.6 is 11.3 Å². The van der Waals surface area contributed by atoms with Crippen LogP contribution < -0.4 is 16.0 Å². The number of hydrogen-bond acceptors (Lipinski definition) is 12. The summed E-state index contributed by atoms with van der Waals surface area (Å²) in [4.78, 5) is 72.3. The number of fused-ring (bicyclic) bond motifs is 2. The topological polar surface area (TPSA) is 187 Å². The highest BCUT2D eigenvalue weighted by molar-refractivity contribution is 7.18. The molecule has 62 heavy (non-hydrogen) atoms. The maximum absolute atomic E-state index is 13.4. The molecular weight excluding hydrogens is 826 g/mol. The van der Waals surface area contributed by atoms with E-state index in [1.54, 1.807) is 55.5 Å². The summed E-state index contributed by atoms with van der Waals surface area (Å²) in [7, 11) is 0. The van der Waals surface area contributed by atoms with E-state index < -0.39 is 53.0 Å². The smallest absolute Gasteiger partial charge is 0.386 e. The van der Waals surface area contributed by atoms with Gasteiger partial charge < -0.3 is 20.6 Å². The normalized spacial score (nSPS) is 23.0. The minimum atomic E-state index is -4.68. The van der Waals surface area contributed by atoms with Gasteiger partial charge >= 0.3 is 6.18 Å². The first kappa shape index (κ1) is 42.0. The third kappa shape index (κ3) is 8.07. The number of aromatic nitrogens is 3. The van der Waals surface area contributed by atoms with Crippen molar-refractivity contribution in [3.05, 3.63) is 75.6 Å². The quantitative estimate of drug-likeness (QED) is 0.121. The fourth-order valence-electron chi connectivity index (χ4n) is 10.3. The third-order valence-electron chi connectivity index (χ3n) is 13.2. The zero-order valence-corrected chi connectivity index (χ0v) is 35.1. The minimum Gasteiger partial charge on any atom is -0.386 e. The highest BCUT2D eigenvalue weighted by Gasteiger charge is 2.52. The van der Waals surface area contributed by atoms with Gasteiger partial charge in [-0.15, -0.1) is 21.5 Å². The number of rotatable bonds is 11. The Bertz CT molecular complexity index is 2460. The van der Waals surface area contributed by atoms with Gasteiger partial charge in [0.05, 0.1) is 32.0 Å². The molecule has 326 valence electrons. The van der Waals surface area contributed by atoms with Crippen LogP contribution in [0.5, 0.6) is 0 Å². The maximum Gasteiger partial charge on any atom is 0.435 e. The van der Waals surface area contributed by atoms with Crippen molar-refractivity contribution in [3.63, 3.8) is 0 Å². The van der Waals surface area contributed by atoms with Gasteiger partial charge in [-0.2, -0.15) is 13.2 Å². The minimum absolute atomic E-state index is 0.0760. The molecule has 2 saturated heterocycles. The van der Waals surface area contributed by atoms with Crippen molar-refractivity contribution in [2.24, 2.45) is 17.3 Å². The number of imide groups is 2. The second-order valence-electron chi connectivity index (χ2n) is 18.3. The van der Waals surface area contributed by atoms with E-state index in [9.17, 15) is 42.3 Å². The first-order valence-corrected chi connectivity index (χ1v) is 22.0. The summed E-state index contributed by atoms with van der Waals surface area (Å²) in [6, 6.07) is 9.33. The third-order valence-corrected chi connectivity index (χ3v) is 14.4. The highest BCUT2D eigenvalue weighted by Crippen LogP contribution is 2.53. The summed E-state index contributed by atoms with van der Waals surface area (Å²) >= 11 is 1.56. The van der Waals surface area contributed by atoms with Crippen LogP contribution in [0.4, 0.5) is 24.5 Å². The molecule has 4 fully saturated rings. The number of nitrogens with zero attached hydrogens (tertiary/aromatic N) is 5. The van der Waals surface area contributed by atoms with Crippen molar-refractivity contribution < 1.29 is 42.3 Å². The largest absolute Gasteiger partial charge is 0.435 e. The Morgan fingerprint density at radius 2 is 1.71 bits per heavy atom. The van der Waals surface area contributed by atoms with E-state index in [4.69, 9.17) is 4.98 Å². The molecule has 1 spiro atoms. The number of halogens is 3. The van der Waals surface area contributed by atoms with Crippen LogP contribution in [0.2, 0.25) is 0 Å². The summed E-state index contributed by atoms with van der Waals surface area (Å²) in [5.74, 6) is -1.29. The highest BCUT2D eigenvalue weighted by atomic mass is 32.1. The van der Waals surface area contributed by atoms with Crippen LogP contribution in [0.25, 0.3) is 10.2 Å². The van der Waals surface area contributed by atoms with Gasteiger partial charge in [0.1, 0.15) is 6.04 Å².